The summed E-state index contributed by atoms with van der Waals surface area (Å²) in [5.74, 6) is 0. The van der Waals surface area contributed by atoms with E-state index in [0.29, 0.717) is 5.13 Å². The number of nitrogen functional groups attached to an aromatic ring is 1. The number of hydrogen-bond donors (Lipinski definition) is 1. The van der Waals surface area contributed by atoms with E-state index in [9.17, 15) is 0 Å². The van der Waals surface area contributed by atoms with Crippen molar-refractivity contribution in [3.05, 3.63) is 33.0 Å². The van der Waals surface area contributed by atoms with Crippen LogP contribution in [0.5, 0.6) is 0 Å². The third-order valence-electron chi connectivity index (χ3n) is 2.10. The van der Waals surface area contributed by atoms with Crippen molar-refractivity contribution in [1.29, 1.82) is 0 Å². The predicted octanol–water partition coefficient (Wildman–Crippen LogP) is 2.88. The molecule has 0 radical (unpaired) electrons. The van der Waals surface area contributed by atoms with E-state index in [1.807, 2.05) is 0 Å². The van der Waals surface area contributed by atoms with Gasteiger partial charge in [-0.3, -0.25) is 0 Å². The van der Waals surface area contributed by atoms with Gasteiger partial charge in [-0.05, 0) is 31.2 Å². The number of anilines is 1. The Balaban J connectivity index is 2.01. The lowest BCUT2D eigenvalue weighted by Gasteiger charge is -1.95. The molecule has 0 aliphatic carbocycles. The number of rotatable bonds is 3. The zero-order chi connectivity index (χ0) is 9.97. The number of nitrogens with two attached hydrogens (primary N) is 1. The van der Waals surface area contributed by atoms with E-state index in [-0.39, 0.29) is 0 Å². The quantitative estimate of drug-likeness (QED) is 0.870. The number of nitrogens with zero attached hydrogens (tertiary/aromatic N) is 1. The Kier molecular flexibility index (Phi) is 2.84. The highest BCUT2D eigenvalue weighted by molar-refractivity contribution is 7.15. The average molecular weight is 224 g/mol. The van der Waals surface area contributed by atoms with Gasteiger partial charge in [0.1, 0.15) is 0 Å². The second kappa shape index (κ2) is 4.11. The molecule has 2 N–H and O–H groups in total. The lowest BCUT2D eigenvalue weighted by molar-refractivity contribution is 0.934. The molecule has 14 heavy (non-hydrogen) atoms. The molecule has 2 aromatic rings. The lowest BCUT2D eigenvalue weighted by Crippen LogP contribution is -1.92. The van der Waals surface area contributed by atoms with Gasteiger partial charge in [0.25, 0.3) is 0 Å². The Morgan fingerprint density at radius 1 is 1.43 bits per heavy atom. The maximum Gasteiger partial charge on any atom is 0.180 e. The first-order valence-electron chi connectivity index (χ1n) is 4.50. The van der Waals surface area contributed by atoms with Crippen LogP contribution in [0, 0.1) is 6.92 Å². The van der Waals surface area contributed by atoms with Crippen LogP contribution in [-0.4, -0.2) is 4.98 Å². The zero-order valence-electron chi connectivity index (χ0n) is 7.99. The highest BCUT2D eigenvalue weighted by atomic mass is 32.1. The first-order valence-corrected chi connectivity index (χ1v) is 6.19. The van der Waals surface area contributed by atoms with E-state index in [0.717, 1.165) is 18.5 Å². The molecule has 0 unspecified atom stereocenters. The van der Waals surface area contributed by atoms with Crippen LogP contribution in [0.15, 0.2) is 17.5 Å². The van der Waals surface area contributed by atoms with Crippen LogP contribution in [0.25, 0.3) is 0 Å². The fourth-order valence-electron chi connectivity index (χ4n) is 1.38. The van der Waals surface area contributed by atoms with Crippen LogP contribution in [0.2, 0.25) is 0 Å². The molecule has 0 saturated heterocycles. The third-order valence-corrected chi connectivity index (χ3v) is 3.88. The molecule has 0 fully saturated rings. The SMILES string of the molecule is Cc1sc(N)nc1CCc1cccs1. The summed E-state index contributed by atoms with van der Waals surface area (Å²) in [7, 11) is 0. The van der Waals surface area contributed by atoms with Crippen LogP contribution in [0.4, 0.5) is 5.13 Å². The van der Waals surface area contributed by atoms with Gasteiger partial charge in [0.15, 0.2) is 5.13 Å². The zero-order valence-corrected chi connectivity index (χ0v) is 9.62. The molecule has 0 spiro atoms. The summed E-state index contributed by atoms with van der Waals surface area (Å²) >= 11 is 3.38. The van der Waals surface area contributed by atoms with Crippen molar-refractivity contribution >= 4 is 27.8 Å². The molecule has 2 aromatic heterocycles. The molecule has 0 saturated carbocycles. The lowest BCUT2D eigenvalue weighted by atomic mass is 10.2. The molecule has 0 aromatic carbocycles. The van der Waals surface area contributed by atoms with Crippen molar-refractivity contribution in [2.75, 3.05) is 5.73 Å². The van der Waals surface area contributed by atoms with Gasteiger partial charge >= 0.3 is 0 Å². The topological polar surface area (TPSA) is 38.9 Å². The summed E-state index contributed by atoms with van der Waals surface area (Å²) in [6.07, 6.45) is 2.07. The fraction of sp³-hybridized carbons (Fsp3) is 0.300. The van der Waals surface area contributed by atoms with Crippen molar-refractivity contribution in [2.24, 2.45) is 0 Å². The molecule has 0 aliphatic heterocycles. The highest BCUT2D eigenvalue weighted by Gasteiger charge is 2.05. The minimum absolute atomic E-state index is 0.684. The number of aromatic nitrogens is 1. The minimum Gasteiger partial charge on any atom is -0.375 e. The monoisotopic (exact) mass is 224 g/mol. The highest BCUT2D eigenvalue weighted by Crippen LogP contribution is 2.21. The predicted molar refractivity (Wildman–Crippen MR) is 63.0 cm³/mol. The largest absolute Gasteiger partial charge is 0.375 e. The minimum atomic E-state index is 0.684. The number of aryl methyl sites for hydroxylation is 3. The smallest absolute Gasteiger partial charge is 0.180 e. The van der Waals surface area contributed by atoms with E-state index < -0.39 is 0 Å². The van der Waals surface area contributed by atoms with Gasteiger partial charge < -0.3 is 5.73 Å². The normalized spacial score (nSPS) is 10.6. The van der Waals surface area contributed by atoms with Gasteiger partial charge in [-0.2, -0.15) is 0 Å². The van der Waals surface area contributed by atoms with Crippen molar-refractivity contribution in [1.82, 2.24) is 4.98 Å². The van der Waals surface area contributed by atoms with Gasteiger partial charge in [-0.1, -0.05) is 6.07 Å². The summed E-state index contributed by atoms with van der Waals surface area (Å²) in [4.78, 5) is 6.97. The number of hydrogen-bond acceptors (Lipinski definition) is 4. The third kappa shape index (κ3) is 2.13. The van der Waals surface area contributed by atoms with Crippen LogP contribution in [0.1, 0.15) is 15.4 Å². The number of thiazole rings is 1. The molecular weight excluding hydrogens is 212 g/mol. The molecule has 4 heteroatoms. The van der Waals surface area contributed by atoms with Gasteiger partial charge in [0, 0.05) is 9.75 Å². The summed E-state index contributed by atoms with van der Waals surface area (Å²) in [5.41, 5.74) is 6.79. The first kappa shape index (κ1) is 9.68. The molecule has 0 amide bonds. The van der Waals surface area contributed by atoms with Crippen LogP contribution >= 0.6 is 22.7 Å². The van der Waals surface area contributed by atoms with E-state index in [4.69, 9.17) is 5.73 Å². The molecule has 0 bridgehead atoms. The molecule has 2 heterocycles. The van der Waals surface area contributed by atoms with Gasteiger partial charge in [0.2, 0.25) is 0 Å². The van der Waals surface area contributed by atoms with Crippen LogP contribution < -0.4 is 5.73 Å². The van der Waals surface area contributed by atoms with E-state index in [2.05, 4.69) is 29.4 Å². The van der Waals surface area contributed by atoms with Crippen molar-refractivity contribution in [2.45, 2.75) is 19.8 Å². The maximum atomic E-state index is 5.64. The molecule has 74 valence electrons. The number of thiophene rings is 1. The van der Waals surface area contributed by atoms with Crippen LogP contribution in [0.3, 0.4) is 0 Å². The Morgan fingerprint density at radius 2 is 2.29 bits per heavy atom. The second-order valence-electron chi connectivity index (χ2n) is 3.13. The summed E-state index contributed by atoms with van der Waals surface area (Å²) in [5, 5.41) is 2.79. The van der Waals surface area contributed by atoms with Gasteiger partial charge in [-0.25, -0.2) is 4.98 Å². The van der Waals surface area contributed by atoms with Crippen molar-refractivity contribution in [3.8, 4) is 0 Å². The van der Waals surface area contributed by atoms with E-state index in [1.165, 1.54) is 9.75 Å². The second-order valence-corrected chi connectivity index (χ2v) is 5.40. The van der Waals surface area contributed by atoms with Crippen molar-refractivity contribution < 1.29 is 0 Å². The van der Waals surface area contributed by atoms with Gasteiger partial charge in [0.05, 0.1) is 5.69 Å². The van der Waals surface area contributed by atoms with Crippen molar-refractivity contribution in [3.63, 3.8) is 0 Å². The Labute approximate surface area is 91.4 Å². The summed E-state index contributed by atoms with van der Waals surface area (Å²) in [6, 6.07) is 4.25. The Morgan fingerprint density at radius 3 is 2.86 bits per heavy atom. The van der Waals surface area contributed by atoms with E-state index >= 15 is 0 Å². The Hall–Kier alpha value is -0.870. The van der Waals surface area contributed by atoms with E-state index in [1.54, 1.807) is 22.7 Å². The van der Waals surface area contributed by atoms with Crippen LogP contribution in [-0.2, 0) is 12.8 Å². The van der Waals surface area contributed by atoms with Gasteiger partial charge in [-0.15, -0.1) is 22.7 Å². The standard InChI is InChI=1S/C10H12N2S2/c1-7-9(12-10(11)14-7)5-4-8-3-2-6-13-8/h2-3,6H,4-5H2,1H3,(H2,11,12). The molecule has 0 aliphatic rings. The fourth-order valence-corrected chi connectivity index (χ4v) is 2.82. The molecule has 2 rings (SSSR count). The first-order chi connectivity index (χ1) is 6.75. The molecule has 0 atom stereocenters. The summed E-state index contributed by atoms with van der Waals surface area (Å²) < 4.78 is 0. The molecule has 2 nitrogen and oxygen atoms in total. The summed E-state index contributed by atoms with van der Waals surface area (Å²) in [6.45, 7) is 2.08. The maximum absolute atomic E-state index is 5.64. The average Bonchev–Trinajstić information content (AvgIpc) is 2.72. The Bertz CT molecular complexity index is 404. The molecular formula is C10H12N2S2.